The minimum atomic E-state index is -0.768. The van der Waals surface area contributed by atoms with Crippen LogP contribution >= 0.6 is 43.2 Å². The SMILES string of the molecule is COC(=O)C(Cc1ccccc1)Oc1c(Br)cc(-c2cccc3sc4ccccc4c23)cc1Br. The second-order valence-corrected chi connectivity index (χ2v) is 10.7. The molecule has 1 unspecified atom stereocenters. The summed E-state index contributed by atoms with van der Waals surface area (Å²) in [4.78, 5) is 12.5. The molecule has 4 aromatic carbocycles. The van der Waals surface area contributed by atoms with Crippen molar-refractivity contribution in [3.63, 3.8) is 0 Å². The summed E-state index contributed by atoms with van der Waals surface area (Å²) in [5.41, 5.74) is 3.20. The van der Waals surface area contributed by atoms with Crippen molar-refractivity contribution in [1.82, 2.24) is 0 Å². The number of carbonyl (C=O) groups is 1. The van der Waals surface area contributed by atoms with E-state index in [2.05, 4.69) is 74.3 Å². The maximum atomic E-state index is 12.5. The highest BCUT2D eigenvalue weighted by atomic mass is 79.9. The normalized spacial score (nSPS) is 12.1. The Morgan fingerprint density at radius 1 is 0.882 bits per heavy atom. The summed E-state index contributed by atoms with van der Waals surface area (Å²) in [6, 6.07) is 28.7. The number of thiophene rings is 1. The van der Waals surface area contributed by atoms with Gasteiger partial charge in [-0.1, -0.05) is 60.7 Å². The molecular formula is C28H20Br2O3S. The quantitative estimate of drug-likeness (QED) is 0.185. The molecule has 6 heteroatoms. The second kappa shape index (κ2) is 9.90. The number of benzene rings is 4. The van der Waals surface area contributed by atoms with Crippen LogP contribution in [0.5, 0.6) is 5.75 Å². The highest BCUT2D eigenvalue weighted by molar-refractivity contribution is 9.11. The van der Waals surface area contributed by atoms with Crippen LogP contribution in [0.2, 0.25) is 0 Å². The fourth-order valence-electron chi connectivity index (χ4n) is 4.12. The van der Waals surface area contributed by atoms with Gasteiger partial charge in [-0.25, -0.2) is 4.79 Å². The number of hydrogen-bond acceptors (Lipinski definition) is 4. The number of fused-ring (bicyclic) bond motifs is 3. The third kappa shape index (κ3) is 4.50. The first-order chi connectivity index (χ1) is 16.5. The lowest BCUT2D eigenvalue weighted by Gasteiger charge is -2.20. The molecule has 0 radical (unpaired) electrons. The molecule has 0 N–H and O–H groups in total. The van der Waals surface area contributed by atoms with Gasteiger partial charge in [0.15, 0.2) is 6.10 Å². The summed E-state index contributed by atoms with van der Waals surface area (Å²) >= 11 is 9.16. The van der Waals surface area contributed by atoms with E-state index in [9.17, 15) is 4.79 Å². The van der Waals surface area contributed by atoms with E-state index in [1.165, 1.54) is 27.3 Å². The zero-order chi connectivity index (χ0) is 23.7. The van der Waals surface area contributed by atoms with E-state index in [4.69, 9.17) is 9.47 Å². The van der Waals surface area contributed by atoms with Gasteiger partial charge in [-0.05, 0) is 72.8 Å². The van der Waals surface area contributed by atoms with Gasteiger partial charge in [0, 0.05) is 26.6 Å². The van der Waals surface area contributed by atoms with Gasteiger partial charge in [0.2, 0.25) is 0 Å². The third-order valence-corrected chi connectivity index (χ3v) is 8.01. The van der Waals surface area contributed by atoms with Crippen LogP contribution in [0.4, 0.5) is 0 Å². The monoisotopic (exact) mass is 594 g/mol. The summed E-state index contributed by atoms with van der Waals surface area (Å²) in [6.45, 7) is 0. The smallest absolute Gasteiger partial charge is 0.347 e. The lowest BCUT2D eigenvalue weighted by molar-refractivity contribution is -0.148. The van der Waals surface area contributed by atoms with Gasteiger partial charge in [0.25, 0.3) is 0 Å². The molecule has 1 atom stereocenters. The lowest BCUT2D eigenvalue weighted by Crippen LogP contribution is -2.31. The molecule has 5 aromatic rings. The van der Waals surface area contributed by atoms with Crippen molar-refractivity contribution in [2.75, 3.05) is 7.11 Å². The van der Waals surface area contributed by atoms with Crippen LogP contribution in [-0.2, 0) is 16.0 Å². The van der Waals surface area contributed by atoms with Gasteiger partial charge in [-0.2, -0.15) is 0 Å². The highest BCUT2D eigenvalue weighted by Crippen LogP contribution is 2.43. The molecule has 0 bridgehead atoms. The molecule has 3 nitrogen and oxygen atoms in total. The van der Waals surface area contributed by atoms with Crippen LogP contribution < -0.4 is 4.74 Å². The first-order valence-corrected chi connectivity index (χ1v) is 13.1. The molecule has 0 spiro atoms. The molecule has 170 valence electrons. The van der Waals surface area contributed by atoms with Crippen molar-refractivity contribution < 1.29 is 14.3 Å². The standard InChI is InChI=1S/C28H20Br2O3S/c1-32-28(31)23(14-17-8-3-2-4-9-17)33-27-21(29)15-18(16-22(27)30)19-11-7-13-25-26(19)20-10-5-6-12-24(20)34-25/h2-13,15-16,23H,14H2,1H3. The van der Waals surface area contributed by atoms with E-state index >= 15 is 0 Å². The zero-order valence-corrected chi connectivity index (χ0v) is 22.2. The van der Waals surface area contributed by atoms with E-state index in [0.717, 1.165) is 25.6 Å². The summed E-state index contributed by atoms with van der Waals surface area (Å²) in [7, 11) is 1.38. The van der Waals surface area contributed by atoms with Gasteiger partial charge in [-0.3, -0.25) is 0 Å². The summed E-state index contributed by atoms with van der Waals surface area (Å²) in [5.74, 6) is 0.152. The van der Waals surface area contributed by atoms with Crippen molar-refractivity contribution in [2.45, 2.75) is 12.5 Å². The van der Waals surface area contributed by atoms with E-state index in [1.807, 2.05) is 42.5 Å². The van der Waals surface area contributed by atoms with Crippen LogP contribution in [0.25, 0.3) is 31.3 Å². The van der Waals surface area contributed by atoms with Crippen molar-refractivity contribution >= 4 is 69.3 Å². The summed E-state index contributed by atoms with van der Waals surface area (Å²) in [5, 5.41) is 2.49. The Hall–Kier alpha value is -2.67. The van der Waals surface area contributed by atoms with Gasteiger partial charge in [-0.15, -0.1) is 11.3 Å². The topological polar surface area (TPSA) is 35.5 Å². The molecule has 0 aliphatic rings. The van der Waals surface area contributed by atoms with Gasteiger partial charge < -0.3 is 9.47 Å². The molecule has 5 rings (SSSR count). The predicted molar refractivity (Wildman–Crippen MR) is 147 cm³/mol. The minimum Gasteiger partial charge on any atom is -0.476 e. The number of esters is 1. The van der Waals surface area contributed by atoms with Crippen LogP contribution in [-0.4, -0.2) is 19.2 Å². The lowest BCUT2D eigenvalue weighted by atomic mass is 9.99. The first kappa shape index (κ1) is 23.1. The Morgan fingerprint density at radius 2 is 1.56 bits per heavy atom. The van der Waals surface area contributed by atoms with E-state index in [-0.39, 0.29) is 0 Å². The van der Waals surface area contributed by atoms with Crippen molar-refractivity contribution in [3.8, 4) is 16.9 Å². The van der Waals surface area contributed by atoms with E-state index in [0.29, 0.717) is 12.2 Å². The maximum absolute atomic E-state index is 12.5. The van der Waals surface area contributed by atoms with Gasteiger partial charge in [0.1, 0.15) is 5.75 Å². The van der Waals surface area contributed by atoms with Crippen molar-refractivity contribution in [1.29, 1.82) is 0 Å². The summed E-state index contributed by atoms with van der Waals surface area (Å²) in [6.07, 6.45) is -0.357. The molecule has 0 amide bonds. The van der Waals surface area contributed by atoms with Crippen LogP contribution in [0.3, 0.4) is 0 Å². The third-order valence-electron chi connectivity index (χ3n) is 5.70. The number of ether oxygens (including phenoxy) is 2. The molecule has 0 saturated carbocycles. The Balaban J connectivity index is 1.54. The van der Waals surface area contributed by atoms with Gasteiger partial charge >= 0.3 is 5.97 Å². The zero-order valence-electron chi connectivity index (χ0n) is 18.3. The number of halogens is 2. The fourth-order valence-corrected chi connectivity index (χ4v) is 6.62. The molecule has 0 aliphatic heterocycles. The number of hydrogen-bond donors (Lipinski definition) is 0. The number of rotatable bonds is 6. The van der Waals surface area contributed by atoms with E-state index < -0.39 is 12.1 Å². The van der Waals surface area contributed by atoms with E-state index in [1.54, 1.807) is 11.3 Å². The number of methoxy groups -OCH3 is 1. The average Bonchev–Trinajstić information content (AvgIpc) is 3.24. The predicted octanol–water partition coefficient (Wildman–Crippen LogP) is 8.41. The van der Waals surface area contributed by atoms with Crippen molar-refractivity contribution in [2.24, 2.45) is 0 Å². The van der Waals surface area contributed by atoms with Crippen LogP contribution in [0, 0.1) is 0 Å². The minimum absolute atomic E-state index is 0.411. The first-order valence-electron chi connectivity index (χ1n) is 10.7. The van der Waals surface area contributed by atoms with Crippen LogP contribution in [0.15, 0.2) is 93.9 Å². The Labute approximate surface area is 218 Å². The maximum Gasteiger partial charge on any atom is 0.347 e. The van der Waals surface area contributed by atoms with Crippen molar-refractivity contribution in [3.05, 3.63) is 99.4 Å². The second-order valence-electron chi connectivity index (χ2n) is 7.87. The Morgan fingerprint density at radius 3 is 2.29 bits per heavy atom. The largest absolute Gasteiger partial charge is 0.476 e. The Bertz CT molecular complexity index is 1470. The van der Waals surface area contributed by atoms with Crippen LogP contribution in [0.1, 0.15) is 5.56 Å². The molecule has 1 heterocycles. The molecule has 0 fully saturated rings. The van der Waals surface area contributed by atoms with Gasteiger partial charge in [0.05, 0.1) is 16.1 Å². The molecular weight excluding hydrogens is 576 g/mol. The fraction of sp³-hybridized carbons (Fsp3) is 0.107. The average molecular weight is 596 g/mol. The molecule has 34 heavy (non-hydrogen) atoms. The molecule has 0 aliphatic carbocycles. The summed E-state index contributed by atoms with van der Waals surface area (Å²) < 4.78 is 15.3. The number of carbonyl (C=O) groups excluding carboxylic acids is 1. The highest BCUT2D eigenvalue weighted by Gasteiger charge is 2.24. The molecule has 0 saturated heterocycles. The Kier molecular flexibility index (Phi) is 6.73. The molecule has 1 aromatic heterocycles.